The van der Waals surface area contributed by atoms with Crippen molar-refractivity contribution in [2.45, 2.75) is 32.7 Å². The zero-order valence-electron chi connectivity index (χ0n) is 19.7. The van der Waals surface area contributed by atoms with E-state index >= 15 is 0 Å². The number of hydrogen-bond donors (Lipinski definition) is 2. The predicted octanol–water partition coefficient (Wildman–Crippen LogP) is 4.83. The van der Waals surface area contributed by atoms with E-state index < -0.39 is 0 Å². The minimum absolute atomic E-state index is 0.0290. The summed E-state index contributed by atoms with van der Waals surface area (Å²) < 4.78 is 11.5. The van der Waals surface area contributed by atoms with Gasteiger partial charge in [0.25, 0.3) is 0 Å². The molecule has 1 fully saturated rings. The average molecular weight is 502 g/mol. The van der Waals surface area contributed by atoms with Crippen LogP contribution in [0.1, 0.15) is 25.7 Å². The number of thiazole rings is 1. The van der Waals surface area contributed by atoms with Gasteiger partial charge in [-0.25, -0.2) is 15.0 Å². The van der Waals surface area contributed by atoms with Crippen LogP contribution < -0.4 is 15.4 Å². The average Bonchev–Trinajstić information content (AvgIpc) is 3.47. The number of benzene rings is 1. The van der Waals surface area contributed by atoms with Crippen molar-refractivity contribution in [1.82, 2.24) is 25.1 Å². The number of nitrogens with one attached hydrogen (secondary N) is 2. The van der Waals surface area contributed by atoms with E-state index in [0.717, 1.165) is 32.4 Å². The number of ether oxygens (including phenoxy) is 1. The number of rotatable bonds is 7. The molecule has 36 heavy (non-hydrogen) atoms. The van der Waals surface area contributed by atoms with Crippen LogP contribution in [0.3, 0.4) is 0 Å². The highest BCUT2D eigenvalue weighted by atomic mass is 32.1. The zero-order chi connectivity index (χ0) is 24.6. The maximum atomic E-state index is 12.8. The van der Waals surface area contributed by atoms with Gasteiger partial charge < -0.3 is 19.9 Å². The predicted molar refractivity (Wildman–Crippen MR) is 137 cm³/mol. The van der Waals surface area contributed by atoms with Gasteiger partial charge >= 0.3 is 0 Å². The van der Waals surface area contributed by atoms with Crippen LogP contribution in [0, 0.1) is 12.8 Å². The van der Waals surface area contributed by atoms with E-state index in [-0.39, 0.29) is 17.9 Å². The van der Waals surface area contributed by atoms with E-state index in [1.807, 2.05) is 37.3 Å². The highest BCUT2D eigenvalue weighted by Gasteiger charge is 2.35. The minimum Gasteiger partial charge on any atom is -0.477 e. The molecule has 0 atom stereocenters. The Hall–Kier alpha value is -4.12. The summed E-state index contributed by atoms with van der Waals surface area (Å²) in [4.78, 5) is 30.5. The summed E-state index contributed by atoms with van der Waals surface area (Å²) in [6, 6.07) is 9.93. The number of carbonyl (C=O) groups is 1. The number of anilines is 2. The fraction of sp³-hybridized carbons (Fsp3) is 0.280. The Labute approximate surface area is 210 Å². The molecule has 1 aromatic carbocycles. The fourth-order valence-corrected chi connectivity index (χ4v) is 5.22. The Morgan fingerprint density at radius 1 is 1.17 bits per heavy atom. The van der Waals surface area contributed by atoms with Crippen molar-refractivity contribution < 1.29 is 14.1 Å². The van der Waals surface area contributed by atoms with Gasteiger partial charge in [0, 0.05) is 42.2 Å². The van der Waals surface area contributed by atoms with Crippen LogP contribution in [0.25, 0.3) is 32.4 Å². The molecule has 11 heteroatoms. The van der Waals surface area contributed by atoms with Crippen LogP contribution in [0.15, 0.2) is 47.2 Å². The first-order chi connectivity index (χ1) is 17.6. The summed E-state index contributed by atoms with van der Waals surface area (Å²) in [5, 5.41) is 13.1. The second-order valence-electron chi connectivity index (χ2n) is 8.65. The normalized spacial score (nSPS) is 17.2. The van der Waals surface area contributed by atoms with Crippen molar-refractivity contribution in [3.63, 3.8) is 0 Å². The summed E-state index contributed by atoms with van der Waals surface area (Å²) >= 11 is 1.38. The van der Waals surface area contributed by atoms with Crippen molar-refractivity contribution in [2.24, 2.45) is 5.92 Å². The molecular formula is C25H23N7O3S. The van der Waals surface area contributed by atoms with Gasteiger partial charge in [0.1, 0.15) is 10.5 Å². The molecule has 2 N–H and O–H groups in total. The number of pyridine rings is 2. The Morgan fingerprint density at radius 2 is 2.03 bits per heavy atom. The van der Waals surface area contributed by atoms with E-state index in [0.29, 0.717) is 42.2 Å². The summed E-state index contributed by atoms with van der Waals surface area (Å²) in [5.74, 6) is 2.27. The molecular weight excluding hydrogens is 478 g/mol. The Balaban J connectivity index is 1.12. The summed E-state index contributed by atoms with van der Waals surface area (Å²) in [7, 11) is 0. The van der Waals surface area contributed by atoms with Gasteiger partial charge in [-0.3, -0.25) is 4.79 Å². The number of fused-ring (bicyclic) bond motifs is 2. The van der Waals surface area contributed by atoms with Crippen molar-refractivity contribution >= 4 is 49.2 Å². The summed E-state index contributed by atoms with van der Waals surface area (Å²) in [5.41, 5.74) is 1.62. The first-order valence-electron chi connectivity index (χ1n) is 11.7. The maximum absolute atomic E-state index is 12.8. The Morgan fingerprint density at radius 3 is 2.83 bits per heavy atom. The van der Waals surface area contributed by atoms with Gasteiger partial charge in [0.15, 0.2) is 5.13 Å². The van der Waals surface area contributed by atoms with Crippen LogP contribution in [0.4, 0.5) is 10.9 Å². The largest absolute Gasteiger partial charge is 0.477 e. The number of hydrogen-bond acceptors (Lipinski definition) is 10. The molecule has 0 saturated heterocycles. The topological polar surface area (TPSA) is 128 Å². The SMILES string of the molecule is CCOc1nccc2nc(NC(=O)C3CC(Nc4nccc5ccc(-c6noc(C)n6)cc45)C3)sc12. The molecule has 182 valence electrons. The van der Waals surface area contributed by atoms with Crippen LogP contribution in [-0.4, -0.2) is 43.6 Å². The van der Waals surface area contributed by atoms with Gasteiger partial charge in [0.2, 0.25) is 23.5 Å². The molecule has 0 spiro atoms. The smallest absolute Gasteiger partial charge is 0.233 e. The molecule has 5 aromatic rings. The highest BCUT2D eigenvalue weighted by molar-refractivity contribution is 7.22. The first kappa shape index (κ1) is 22.4. The van der Waals surface area contributed by atoms with Crippen LogP contribution >= 0.6 is 11.3 Å². The van der Waals surface area contributed by atoms with Gasteiger partial charge in [-0.05, 0) is 43.4 Å². The number of amides is 1. The standard InChI is InChI=1S/C25H23N7O3S/c1-3-34-24-20-19(7-9-27-24)30-25(36-20)31-23(33)16-10-17(11-16)29-22-18-12-15(21-28-13(2)35-32-21)5-4-14(18)6-8-26-22/h4-9,12,16-17H,3,10-11H2,1-2H3,(H,26,29)(H,30,31,33). The molecule has 0 radical (unpaired) electrons. The first-order valence-corrected chi connectivity index (χ1v) is 12.5. The highest BCUT2D eigenvalue weighted by Crippen LogP contribution is 2.36. The van der Waals surface area contributed by atoms with E-state index in [2.05, 4.69) is 35.7 Å². The molecule has 0 unspecified atom stereocenters. The Kier molecular flexibility index (Phi) is 5.68. The number of carbonyl (C=O) groups excluding carboxylic acids is 1. The third-order valence-electron chi connectivity index (χ3n) is 6.18. The maximum Gasteiger partial charge on any atom is 0.233 e. The van der Waals surface area contributed by atoms with Crippen LogP contribution in [0.2, 0.25) is 0 Å². The third-order valence-corrected chi connectivity index (χ3v) is 7.16. The lowest BCUT2D eigenvalue weighted by molar-refractivity contribution is -0.122. The Bertz CT molecular complexity index is 1570. The molecule has 10 nitrogen and oxygen atoms in total. The zero-order valence-corrected chi connectivity index (χ0v) is 20.5. The van der Waals surface area contributed by atoms with Crippen molar-refractivity contribution in [3.8, 4) is 17.3 Å². The van der Waals surface area contributed by atoms with E-state index in [9.17, 15) is 4.79 Å². The van der Waals surface area contributed by atoms with Crippen LogP contribution in [-0.2, 0) is 4.79 Å². The summed E-state index contributed by atoms with van der Waals surface area (Å²) in [6.45, 7) is 4.19. The lowest BCUT2D eigenvalue weighted by Gasteiger charge is -2.35. The molecule has 4 aromatic heterocycles. The van der Waals surface area contributed by atoms with E-state index in [1.165, 1.54) is 11.3 Å². The lowest BCUT2D eigenvalue weighted by Crippen LogP contribution is -2.42. The van der Waals surface area contributed by atoms with Gasteiger partial charge in [-0.1, -0.05) is 28.6 Å². The molecule has 0 aliphatic heterocycles. The molecule has 1 amide bonds. The summed E-state index contributed by atoms with van der Waals surface area (Å²) in [6.07, 6.45) is 4.87. The molecule has 0 bridgehead atoms. The molecule has 1 aliphatic carbocycles. The monoisotopic (exact) mass is 501 g/mol. The second kappa shape index (κ2) is 9.15. The number of nitrogens with zero attached hydrogens (tertiary/aromatic N) is 5. The van der Waals surface area contributed by atoms with Crippen molar-refractivity contribution in [3.05, 3.63) is 48.6 Å². The second-order valence-corrected chi connectivity index (χ2v) is 9.65. The van der Waals surface area contributed by atoms with Crippen molar-refractivity contribution in [1.29, 1.82) is 0 Å². The van der Waals surface area contributed by atoms with E-state index in [1.54, 1.807) is 19.3 Å². The molecule has 4 heterocycles. The van der Waals surface area contributed by atoms with Crippen LogP contribution in [0.5, 0.6) is 5.88 Å². The molecule has 6 rings (SSSR count). The van der Waals surface area contributed by atoms with Crippen molar-refractivity contribution in [2.75, 3.05) is 17.2 Å². The molecule has 1 aliphatic rings. The molecule has 1 saturated carbocycles. The fourth-order valence-electron chi connectivity index (χ4n) is 4.31. The third kappa shape index (κ3) is 4.22. The number of aromatic nitrogens is 5. The van der Waals surface area contributed by atoms with Gasteiger partial charge in [-0.2, -0.15) is 4.98 Å². The van der Waals surface area contributed by atoms with E-state index in [4.69, 9.17) is 9.26 Å². The lowest BCUT2D eigenvalue weighted by atomic mass is 9.79. The van der Waals surface area contributed by atoms with Gasteiger partial charge in [0.05, 0.1) is 12.1 Å². The quantitative estimate of drug-likeness (QED) is 0.322. The number of aryl methyl sites for hydroxylation is 1. The minimum atomic E-state index is -0.0909. The van der Waals surface area contributed by atoms with Gasteiger partial charge in [-0.15, -0.1) is 0 Å².